The van der Waals surface area contributed by atoms with Gasteiger partial charge in [-0.15, -0.1) is 0 Å². The van der Waals surface area contributed by atoms with Crippen molar-refractivity contribution in [1.29, 1.82) is 0 Å². The van der Waals surface area contributed by atoms with Crippen LogP contribution in [0.1, 0.15) is 46.5 Å². The molecule has 6 heteroatoms. The Morgan fingerprint density at radius 1 is 1.32 bits per heavy atom. The highest BCUT2D eigenvalue weighted by Crippen LogP contribution is 2.25. The van der Waals surface area contributed by atoms with E-state index in [1.165, 1.54) is 0 Å². The van der Waals surface area contributed by atoms with Gasteiger partial charge in [-0.1, -0.05) is 12.8 Å². The van der Waals surface area contributed by atoms with Crippen LogP contribution in [0, 0.1) is 5.92 Å². The number of ether oxygens (including phenoxy) is 1. The van der Waals surface area contributed by atoms with Gasteiger partial charge in [-0.2, -0.15) is 4.79 Å². The second-order valence-electron chi connectivity index (χ2n) is 5.79. The van der Waals surface area contributed by atoms with Crippen molar-refractivity contribution in [3.63, 3.8) is 0 Å². The van der Waals surface area contributed by atoms with Gasteiger partial charge < -0.3 is 15.6 Å². The highest BCUT2D eigenvalue weighted by atomic mass is 16.6. The molecular formula is C13H21N3O3. The maximum absolute atomic E-state index is 11.8. The maximum atomic E-state index is 11.8. The van der Waals surface area contributed by atoms with Crippen LogP contribution in [0.3, 0.4) is 0 Å². The van der Waals surface area contributed by atoms with E-state index >= 15 is 0 Å². The van der Waals surface area contributed by atoms with Crippen LogP contribution in [0.15, 0.2) is 0 Å². The van der Waals surface area contributed by atoms with Crippen LogP contribution in [0.2, 0.25) is 0 Å². The van der Waals surface area contributed by atoms with Gasteiger partial charge in [-0.05, 0) is 33.6 Å². The zero-order valence-corrected chi connectivity index (χ0v) is 11.7. The smallest absolute Gasteiger partial charge is 0.407 e. The molecule has 6 nitrogen and oxygen atoms in total. The number of ketones is 1. The molecule has 19 heavy (non-hydrogen) atoms. The highest BCUT2D eigenvalue weighted by molar-refractivity contribution is 6.26. The molecule has 0 spiro atoms. The minimum absolute atomic E-state index is 0.255. The van der Waals surface area contributed by atoms with Crippen molar-refractivity contribution in [2.24, 2.45) is 5.92 Å². The lowest BCUT2D eigenvalue weighted by atomic mass is 9.82. The Kier molecular flexibility index (Phi) is 5.24. The summed E-state index contributed by atoms with van der Waals surface area (Å²) in [6, 6.07) is -0.255. The van der Waals surface area contributed by atoms with Gasteiger partial charge in [-0.25, -0.2) is 4.79 Å². The molecule has 0 heterocycles. The van der Waals surface area contributed by atoms with Crippen LogP contribution in [0.4, 0.5) is 4.79 Å². The molecule has 2 unspecified atom stereocenters. The van der Waals surface area contributed by atoms with Gasteiger partial charge in [-0.3, -0.25) is 4.79 Å². The van der Waals surface area contributed by atoms with Crippen molar-refractivity contribution < 1.29 is 19.1 Å². The minimum atomic E-state index is -0.565. The molecule has 1 aliphatic rings. The van der Waals surface area contributed by atoms with E-state index in [1.54, 1.807) is 20.8 Å². The number of carbonyl (C=O) groups excluding carboxylic acids is 2. The van der Waals surface area contributed by atoms with Crippen LogP contribution in [-0.4, -0.2) is 34.5 Å². The zero-order chi connectivity index (χ0) is 14.5. The normalized spacial score (nSPS) is 23.1. The minimum Gasteiger partial charge on any atom is -0.444 e. The summed E-state index contributed by atoms with van der Waals surface area (Å²) in [6.45, 7) is 5.36. The Bertz CT molecular complexity index is 394. The van der Waals surface area contributed by atoms with Gasteiger partial charge in [0.1, 0.15) is 5.60 Å². The number of amides is 1. The predicted molar refractivity (Wildman–Crippen MR) is 69.8 cm³/mol. The van der Waals surface area contributed by atoms with Crippen molar-refractivity contribution in [3.05, 3.63) is 5.53 Å². The van der Waals surface area contributed by atoms with Gasteiger partial charge in [0.2, 0.25) is 5.78 Å². The number of hydrogen-bond acceptors (Lipinski definition) is 3. The molecule has 2 atom stereocenters. The standard InChI is InChI=1S/C13H21N3O3/c1-13(2,3)19-12(18)16-10-7-5-4-6-9(10)11(17)8-15-14/h8-10H,4-7H2,1-3H3,(H,16,18). The highest BCUT2D eigenvalue weighted by Gasteiger charge is 2.33. The van der Waals surface area contributed by atoms with Gasteiger partial charge >= 0.3 is 12.3 Å². The van der Waals surface area contributed by atoms with Crippen molar-refractivity contribution in [3.8, 4) is 0 Å². The van der Waals surface area contributed by atoms with Crippen molar-refractivity contribution in [2.45, 2.75) is 58.1 Å². The van der Waals surface area contributed by atoms with E-state index in [4.69, 9.17) is 10.3 Å². The average molecular weight is 267 g/mol. The zero-order valence-electron chi connectivity index (χ0n) is 11.7. The third kappa shape index (κ3) is 5.22. The fourth-order valence-corrected chi connectivity index (χ4v) is 2.26. The van der Waals surface area contributed by atoms with E-state index < -0.39 is 11.7 Å². The predicted octanol–water partition coefficient (Wildman–Crippen LogP) is 1.94. The SMILES string of the molecule is CC(C)(C)OC(=O)NC1CCCCC1C(=O)C=[N+]=[N-]. The quantitative estimate of drug-likeness (QED) is 0.481. The van der Waals surface area contributed by atoms with E-state index in [2.05, 4.69) is 10.1 Å². The fourth-order valence-electron chi connectivity index (χ4n) is 2.26. The van der Waals surface area contributed by atoms with E-state index in [-0.39, 0.29) is 17.7 Å². The van der Waals surface area contributed by atoms with Crippen LogP contribution < -0.4 is 5.32 Å². The maximum Gasteiger partial charge on any atom is 0.407 e. The molecule has 0 aromatic carbocycles. The average Bonchev–Trinajstić information content (AvgIpc) is 2.27. The molecule has 1 amide bonds. The largest absolute Gasteiger partial charge is 0.444 e. The molecule has 1 rings (SSSR count). The number of hydrogen-bond donors (Lipinski definition) is 1. The van der Waals surface area contributed by atoms with Crippen LogP contribution in [0.25, 0.3) is 5.53 Å². The summed E-state index contributed by atoms with van der Waals surface area (Å²) in [5.41, 5.74) is 7.86. The molecule has 1 aliphatic carbocycles. The van der Waals surface area contributed by atoms with Gasteiger partial charge in [0, 0.05) is 12.0 Å². The topological polar surface area (TPSA) is 91.8 Å². The molecule has 0 bridgehead atoms. The van der Waals surface area contributed by atoms with Gasteiger partial charge in [0.15, 0.2) is 0 Å². The monoisotopic (exact) mass is 267 g/mol. The van der Waals surface area contributed by atoms with E-state index in [0.717, 1.165) is 25.5 Å². The molecule has 106 valence electrons. The van der Waals surface area contributed by atoms with E-state index in [0.29, 0.717) is 6.42 Å². The number of nitrogens with zero attached hydrogens (tertiary/aromatic N) is 2. The first kappa shape index (κ1) is 15.4. The lowest BCUT2D eigenvalue weighted by molar-refractivity contribution is -0.121. The third-order valence-corrected chi connectivity index (χ3v) is 3.02. The molecule has 0 radical (unpaired) electrons. The summed E-state index contributed by atoms with van der Waals surface area (Å²) in [4.78, 5) is 26.3. The lowest BCUT2D eigenvalue weighted by Crippen LogP contribution is -2.47. The molecule has 0 aromatic rings. The first-order valence-corrected chi connectivity index (χ1v) is 6.54. The fraction of sp³-hybridized carbons (Fsp3) is 0.769. The molecule has 0 saturated heterocycles. The van der Waals surface area contributed by atoms with Crippen LogP contribution >= 0.6 is 0 Å². The summed E-state index contributed by atoms with van der Waals surface area (Å²) in [7, 11) is 0. The summed E-state index contributed by atoms with van der Waals surface area (Å²) in [6.07, 6.45) is 3.70. The number of alkyl carbamates (subject to hydrolysis) is 1. The van der Waals surface area contributed by atoms with Crippen LogP contribution in [0.5, 0.6) is 0 Å². The second kappa shape index (κ2) is 6.48. The Morgan fingerprint density at radius 2 is 1.95 bits per heavy atom. The first-order chi connectivity index (χ1) is 8.83. The summed E-state index contributed by atoms with van der Waals surface area (Å²) < 4.78 is 5.18. The Labute approximate surface area is 113 Å². The third-order valence-electron chi connectivity index (χ3n) is 3.02. The molecular weight excluding hydrogens is 246 g/mol. The summed E-state index contributed by atoms with van der Waals surface area (Å²) in [5, 5.41) is 2.74. The lowest BCUT2D eigenvalue weighted by Gasteiger charge is -2.30. The van der Waals surface area contributed by atoms with Gasteiger partial charge in [0.05, 0.1) is 0 Å². The summed E-state index contributed by atoms with van der Waals surface area (Å²) in [5.74, 6) is -0.597. The Hall–Kier alpha value is -1.68. The summed E-state index contributed by atoms with van der Waals surface area (Å²) >= 11 is 0. The van der Waals surface area contributed by atoms with Gasteiger partial charge in [0.25, 0.3) is 0 Å². The number of rotatable bonds is 3. The number of nitrogens with one attached hydrogen (secondary N) is 1. The Balaban J connectivity index is 2.65. The van der Waals surface area contributed by atoms with E-state index in [9.17, 15) is 9.59 Å². The number of Topliss-reactive ketones (excluding diaryl/α,β-unsaturated/α-hetero) is 1. The van der Waals surface area contributed by atoms with E-state index in [1.807, 2.05) is 0 Å². The van der Waals surface area contributed by atoms with Crippen LogP contribution in [-0.2, 0) is 9.53 Å². The van der Waals surface area contributed by atoms with Crippen molar-refractivity contribution in [2.75, 3.05) is 0 Å². The molecule has 1 N–H and O–H groups in total. The molecule has 0 aromatic heterocycles. The molecule has 0 aliphatic heterocycles. The molecule has 1 saturated carbocycles. The van der Waals surface area contributed by atoms with Crippen molar-refractivity contribution in [1.82, 2.24) is 5.32 Å². The van der Waals surface area contributed by atoms with Crippen molar-refractivity contribution >= 4 is 18.1 Å². The Morgan fingerprint density at radius 3 is 2.53 bits per heavy atom. The number of carbonyl (C=O) groups is 2. The molecule has 1 fully saturated rings. The first-order valence-electron chi connectivity index (χ1n) is 6.54. The second-order valence-corrected chi connectivity index (χ2v) is 5.79.